The number of rotatable bonds is 0. The van der Waals surface area contributed by atoms with E-state index in [1.165, 1.54) is 6.20 Å². The van der Waals surface area contributed by atoms with Crippen molar-refractivity contribution in [1.82, 2.24) is 19.6 Å². The van der Waals surface area contributed by atoms with Crippen LogP contribution in [-0.4, -0.2) is 25.4 Å². The number of carbonyl (C=O) groups is 1. The van der Waals surface area contributed by atoms with E-state index in [2.05, 4.69) is 15.1 Å². The van der Waals surface area contributed by atoms with Crippen molar-refractivity contribution in [3.05, 3.63) is 23.3 Å². The molecule has 0 unspecified atom stereocenters. The zero-order valence-corrected chi connectivity index (χ0v) is 9.90. The van der Waals surface area contributed by atoms with Crippen LogP contribution in [0.4, 0.5) is 13.2 Å². The largest absolute Gasteiger partial charge is 0.453 e. The third-order valence-electron chi connectivity index (χ3n) is 3.04. The van der Waals surface area contributed by atoms with Gasteiger partial charge in [0.15, 0.2) is 5.78 Å². The first kappa shape index (κ1) is 12.1. The molecule has 0 saturated carbocycles. The number of alkyl halides is 3. The average molecular weight is 270 g/mol. The van der Waals surface area contributed by atoms with Crippen molar-refractivity contribution in [2.24, 2.45) is 5.92 Å². The highest BCUT2D eigenvalue weighted by Gasteiger charge is 2.37. The summed E-state index contributed by atoms with van der Waals surface area (Å²) in [6.45, 7) is 1.90. The molecule has 0 aromatic carbocycles. The number of aromatic nitrogens is 4. The Bertz CT molecular complexity index is 676. The molecule has 0 fully saturated rings. The standard InChI is InChI=1S/C11H9F3N4O/c1-5-2-7-6(8(19)3-5)4-18-10(15-7)16-9(17-18)11(12,13)14/h4-5H,2-3H2,1H3/t5-/m0/s1. The van der Waals surface area contributed by atoms with E-state index in [9.17, 15) is 18.0 Å². The lowest BCUT2D eigenvalue weighted by Gasteiger charge is -2.18. The minimum Gasteiger partial charge on any atom is -0.294 e. The number of Topliss-reactive ketones (excluding diaryl/α,β-unsaturated/α-hetero) is 1. The summed E-state index contributed by atoms with van der Waals surface area (Å²) in [7, 11) is 0. The Balaban J connectivity index is 2.18. The van der Waals surface area contributed by atoms with E-state index in [1.54, 1.807) is 0 Å². The highest BCUT2D eigenvalue weighted by molar-refractivity contribution is 5.98. The molecule has 1 aliphatic rings. The monoisotopic (exact) mass is 270 g/mol. The van der Waals surface area contributed by atoms with Crippen LogP contribution in [0.5, 0.6) is 0 Å². The lowest BCUT2D eigenvalue weighted by atomic mass is 9.88. The normalized spacial score (nSPS) is 19.8. The Labute approximate surface area is 105 Å². The zero-order chi connectivity index (χ0) is 13.8. The molecule has 19 heavy (non-hydrogen) atoms. The Morgan fingerprint density at radius 2 is 2.05 bits per heavy atom. The number of fused-ring (bicyclic) bond motifs is 2. The van der Waals surface area contributed by atoms with E-state index in [1.807, 2.05) is 6.92 Å². The predicted molar refractivity (Wildman–Crippen MR) is 57.6 cm³/mol. The SMILES string of the molecule is C[C@@H]1CC(=O)c2cn3nc(C(F)(F)F)nc3nc2C1. The van der Waals surface area contributed by atoms with E-state index in [0.717, 1.165) is 4.52 Å². The predicted octanol–water partition coefficient (Wildman–Crippen LogP) is 1.91. The van der Waals surface area contributed by atoms with Crippen LogP contribution in [0.1, 0.15) is 35.2 Å². The van der Waals surface area contributed by atoms with Crippen LogP contribution >= 0.6 is 0 Å². The summed E-state index contributed by atoms with van der Waals surface area (Å²) >= 11 is 0. The summed E-state index contributed by atoms with van der Waals surface area (Å²) < 4.78 is 38.4. The minimum absolute atomic E-state index is 0.118. The van der Waals surface area contributed by atoms with Crippen LogP contribution < -0.4 is 0 Å². The second-order valence-electron chi connectivity index (χ2n) is 4.72. The van der Waals surface area contributed by atoms with E-state index in [4.69, 9.17) is 0 Å². The topological polar surface area (TPSA) is 60.2 Å². The number of hydrogen-bond acceptors (Lipinski definition) is 4. The van der Waals surface area contributed by atoms with Crippen LogP contribution in [0.3, 0.4) is 0 Å². The molecule has 5 nitrogen and oxygen atoms in total. The van der Waals surface area contributed by atoms with Crippen LogP contribution in [0.15, 0.2) is 6.20 Å². The Morgan fingerprint density at radius 3 is 2.74 bits per heavy atom. The molecule has 1 atom stereocenters. The van der Waals surface area contributed by atoms with Gasteiger partial charge >= 0.3 is 6.18 Å². The second-order valence-corrected chi connectivity index (χ2v) is 4.72. The van der Waals surface area contributed by atoms with Gasteiger partial charge in [-0.2, -0.15) is 18.2 Å². The summed E-state index contributed by atoms with van der Waals surface area (Å²) in [5, 5.41) is 3.31. The number of halogens is 3. The van der Waals surface area contributed by atoms with Crippen molar-refractivity contribution in [3.63, 3.8) is 0 Å². The van der Waals surface area contributed by atoms with Crippen molar-refractivity contribution in [3.8, 4) is 0 Å². The van der Waals surface area contributed by atoms with Crippen molar-refractivity contribution in [2.45, 2.75) is 25.9 Å². The lowest BCUT2D eigenvalue weighted by Crippen LogP contribution is -2.20. The van der Waals surface area contributed by atoms with Crippen molar-refractivity contribution < 1.29 is 18.0 Å². The molecule has 0 amide bonds. The molecular formula is C11H9F3N4O. The molecule has 0 radical (unpaired) electrons. The quantitative estimate of drug-likeness (QED) is 0.733. The molecule has 3 rings (SSSR count). The first-order valence-corrected chi connectivity index (χ1v) is 5.71. The van der Waals surface area contributed by atoms with Crippen LogP contribution in [0.2, 0.25) is 0 Å². The van der Waals surface area contributed by atoms with Crippen LogP contribution in [0, 0.1) is 5.92 Å². The summed E-state index contributed by atoms with van der Waals surface area (Å²) in [4.78, 5) is 19.2. The van der Waals surface area contributed by atoms with E-state index >= 15 is 0 Å². The summed E-state index contributed by atoms with van der Waals surface area (Å²) in [5.41, 5.74) is 0.835. The van der Waals surface area contributed by atoms with Gasteiger partial charge in [-0.1, -0.05) is 6.92 Å². The zero-order valence-electron chi connectivity index (χ0n) is 9.90. The van der Waals surface area contributed by atoms with Gasteiger partial charge in [-0.15, -0.1) is 5.10 Å². The molecule has 0 spiro atoms. The maximum absolute atomic E-state index is 12.5. The van der Waals surface area contributed by atoms with Gasteiger partial charge in [0.25, 0.3) is 11.6 Å². The number of nitrogens with zero attached hydrogens (tertiary/aromatic N) is 4. The van der Waals surface area contributed by atoms with E-state index < -0.39 is 12.0 Å². The fraction of sp³-hybridized carbons (Fsp3) is 0.455. The molecule has 2 aromatic heterocycles. The second kappa shape index (κ2) is 3.75. The van der Waals surface area contributed by atoms with Gasteiger partial charge in [0.05, 0.1) is 11.3 Å². The Hall–Kier alpha value is -1.99. The van der Waals surface area contributed by atoms with Crippen LogP contribution in [0.25, 0.3) is 5.78 Å². The maximum atomic E-state index is 12.5. The molecule has 0 saturated heterocycles. The number of hydrogen-bond donors (Lipinski definition) is 0. The molecule has 100 valence electrons. The molecule has 2 aromatic rings. The van der Waals surface area contributed by atoms with Gasteiger partial charge in [0, 0.05) is 12.6 Å². The summed E-state index contributed by atoms with van der Waals surface area (Å²) in [6, 6.07) is 0. The van der Waals surface area contributed by atoms with Gasteiger partial charge in [0.2, 0.25) is 0 Å². The Morgan fingerprint density at radius 1 is 1.32 bits per heavy atom. The molecule has 1 aliphatic carbocycles. The van der Waals surface area contributed by atoms with Gasteiger partial charge in [-0.05, 0) is 12.3 Å². The van der Waals surface area contributed by atoms with Gasteiger partial charge in [-0.25, -0.2) is 9.50 Å². The molecule has 0 bridgehead atoms. The number of ketones is 1. The molecule has 8 heteroatoms. The highest BCUT2D eigenvalue weighted by atomic mass is 19.4. The van der Waals surface area contributed by atoms with E-state index in [-0.39, 0.29) is 17.5 Å². The third kappa shape index (κ3) is 1.96. The number of carbonyl (C=O) groups excluding carboxylic acids is 1. The molecule has 2 heterocycles. The first-order chi connectivity index (χ1) is 8.84. The third-order valence-corrected chi connectivity index (χ3v) is 3.04. The first-order valence-electron chi connectivity index (χ1n) is 5.71. The summed E-state index contributed by atoms with van der Waals surface area (Å²) in [5.74, 6) is -1.36. The van der Waals surface area contributed by atoms with Crippen molar-refractivity contribution >= 4 is 11.6 Å². The van der Waals surface area contributed by atoms with Crippen molar-refractivity contribution in [1.29, 1.82) is 0 Å². The summed E-state index contributed by atoms with van der Waals surface area (Å²) in [6.07, 6.45) is -2.40. The van der Waals surface area contributed by atoms with Crippen molar-refractivity contribution in [2.75, 3.05) is 0 Å². The Kier molecular flexibility index (Phi) is 2.38. The van der Waals surface area contributed by atoms with Gasteiger partial charge in [0.1, 0.15) is 0 Å². The average Bonchev–Trinajstić information content (AvgIpc) is 2.68. The fourth-order valence-corrected chi connectivity index (χ4v) is 2.19. The molecule has 0 N–H and O–H groups in total. The van der Waals surface area contributed by atoms with Crippen LogP contribution in [-0.2, 0) is 12.6 Å². The van der Waals surface area contributed by atoms with Gasteiger partial charge < -0.3 is 0 Å². The minimum atomic E-state index is -4.62. The van der Waals surface area contributed by atoms with E-state index in [0.29, 0.717) is 24.1 Å². The smallest absolute Gasteiger partial charge is 0.294 e. The molecular weight excluding hydrogens is 261 g/mol. The maximum Gasteiger partial charge on any atom is 0.453 e. The molecule has 0 aliphatic heterocycles. The lowest BCUT2D eigenvalue weighted by molar-refractivity contribution is -0.144. The highest BCUT2D eigenvalue weighted by Crippen LogP contribution is 2.28. The fourth-order valence-electron chi connectivity index (χ4n) is 2.19. The van der Waals surface area contributed by atoms with Gasteiger partial charge in [-0.3, -0.25) is 4.79 Å².